The van der Waals surface area contributed by atoms with Gasteiger partial charge in [0.05, 0.1) is 26.0 Å². The minimum atomic E-state index is -0.0325. The predicted molar refractivity (Wildman–Crippen MR) is 93.9 cm³/mol. The molecular formula is C18H28N2O4. The number of likely N-dealkylation sites (N-methyl/N-ethyl adjacent to an activating group) is 1. The molecule has 1 saturated heterocycles. The lowest BCUT2D eigenvalue weighted by molar-refractivity contribution is -0.116. The first-order chi connectivity index (χ1) is 11.6. The standard InChI is InChI=1S/C18H28N2O4/c1-20(13-15-6-4-5-11-24-15)10-9-18(21)19-16-8-7-14(22-2)12-17(16)23-3/h7-8,12,15H,4-6,9-11,13H2,1-3H3,(H,19,21)/t15-/m0/s1. The maximum absolute atomic E-state index is 12.2. The van der Waals surface area contributed by atoms with E-state index in [1.807, 2.05) is 7.05 Å². The third kappa shape index (κ3) is 5.69. The minimum absolute atomic E-state index is 0.0325. The highest BCUT2D eigenvalue weighted by Gasteiger charge is 2.16. The van der Waals surface area contributed by atoms with Crippen LogP contribution in [0.5, 0.6) is 11.5 Å². The van der Waals surface area contributed by atoms with E-state index in [4.69, 9.17) is 14.2 Å². The molecule has 1 amide bonds. The molecule has 24 heavy (non-hydrogen) atoms. The molecule has 1 aromatic carbocycles. The fraction of sp³-hybridized carbons (Fsp3) is 0.611. The summed E-state index contributed by atoms with van der Waals surface area (Å²) >= 11 is 0. The third-order valence-corrected chi connectivity index (χ3v) is 4.19. The fourth-order valence-electron chi connectivity index (χ4n) is 2.80. The molecule has 1 atom stereocenters. The van der Waals surface area contributed by atoms with E-state index < -0.39 is 0 Å². The summed E-state index contributed by atoms with van der Waals surface area (Å²) in [6.07, 6.45) is 4.23. The van der Waals surface area contributed by atoms with Crippen molar-refractivity contribution in [1.29, 1.82) is 0 Å². The Bertz CT molecular complexity index is 530. The average molecular weight is 336 g/mol. The van der Waals surface area contributed by atoms with Crippen LogP contribution in [-0.4, -0.2) is 57.9 Å². The second-order valence-corrected chi connectivity index (χ2v) is 6.12. The van der Waals surface area contributed by atoms with Crippen LogP contribution in [0.4, 0.5) is 5.69 Å². The van der Waals surface area contributed by atoms with Gasteiger partial charge in [0.2, 0.25) is 5.91 Å². The van der Waals surface area contributed by atoms with Crippen molar-refractivity contribution in [3.8, 4) is 11.5 Å². The quantitative estimate of drug-likeness (QED) is 0.790. The SMILES string of the molecule is COc1ccc(NC(=O)CCN(C)C[C@@H]2CCCCO2)c(OC)c1. The Kier molecular flexibility index (Phi) is 7.34. The molecule has 6 nitrogen and oxygen atoms in total. The van der Waals surface area contributed by atoms with E-state index in [2.05, 4.69) is 10.2 Å². The Labute approximate surface area is 144 Å². The van der Waals surface area contributed by atoms with Crippen LogP contribution in [0.25, 0.3) is 0 Å². The zero-order chi connectivity index (χ0) is 17.4. The number of rotatable bonds is 8. The van der Waals surface area contributed by atoms with Crippen molar-refractivity contribution in [3.63, 3.8) is 0 Å². The summed E-state index contributed by atoms with van der Waals surface area (Å²) in [5, 5.41) is 2.89. The first kappa shape index (κ1) is 18.5. The largest absolute Gasteiger partial charge is 0.497 e. The summed E-state index contributed by atoms with van der Waals surface area (Å²) < 4.78 is 16.2. The number of methoxy groups -OCH3 is 2. The second kappa shape index (κ2) is 9.49. The first-order valence-corrected chi connectivity index (χ1v) is 8.44. The number of hydrogen-bond acceptors (Lipinski definition) is 5. The lowest BCUT2D eigenvalue weighted by atomic mass is 10.1. The molecule has 0 spiro atoms. The van der Waals surface area contributed by atoms with E-state index in [9.17, 15) is 4.79 Å². The second-order valence-electron chi connectivity index (χ2n) is 6.12. The van der Waals surface area contributed by atoms with Crippen LogP contribution in [0.15, 0.2) is 18.2 Å². The lowest BCUT2D eigenvalue weighted by Crippen LogP contribution is -2.35. The molecule has 1 aromatic rings. The Morgan fingerprint density at radius 1 is 1.33 bits per heavy atom. The number of hydrogen-bond donors (Lipinski definition) is 1. The van der Waals surface area contributed by atoms with Crippen molar-refractivity contribution in [3.05, 3.63) is 18.2 Å². The maximum atomic E-state index is 12.2. The van der Waals surface area contributed by atoms with E-state index in [0.29, 0.717) is 36.3 Å². The van der Waals surface area contributed by atoms with Gasteiger partial charge in [0, 0.05) is 32.2 Å². The van der Waals surface area contributed by atoms with Crippen molar-refractivity contribution in [2.24, 2.45) is 0 Å². The Morgan fingerprint density at radius 2 is 2.17 bits per heavy atom. The molecule has 1 N–H and O–H groups in total. The van der Waals surface area contributed by atoms with Crippen LogP contribution in [-0.2, 0) is 9.53 Å². The average Bonchev–Trinajstić information content (AvgIpc) is 2.61. The van der Waals surface area contributed by atoms with Crippen molar-refractivity contribution in [1.82, 2.24) is 4.90 Å². The first-order valence-electron chi connectivity index (χ1n) is 8.44. The highest BCUT2D eigenvalue weighted by atomic mass is 16.5. The zero-order valence-electron chi connectivity index (χ0n) is 14.8. The van der Waals surface area contributed by atoms with Crippen molar-refractivity contribution in [2.45, 2.75) is 31.8 Å². The molecule has 0 radical (unpaired) electrons. The Balaban J connectivity index is 1.78. The van der Waals surface area contributed by atoms with Crippen LogP contribution in [0.3, 0.4) is 0 Å². The van der Waals surface area contributed by atoms with Crippen LogP contribution < -0.4 is 14.8 Å². The molecule has 0 unspecified atom stereocenters. The summed E-state index contributed by atoms with van der Waals surface area (Å²) in [4.78, 5) is 14.3. The minimum Gasteiger partial charge on any atom is -0.497 e. The zero-order valence-corrected chi connectivity index (χ0v) is 14.8. The highest BCUT2D eigenvalue weighted by molar-refractivity contribution is 5.92. The number of nitrogens with one attached hydrogen (secondary N) is 1. The van der Waals surface area contributed by atoms with E-state index in [1.165, 1.54) is 6.42 Å². The molecule has 134 valence electrons. The number of anilines is 1. The number of ether oxygens (including phenoxy) is 3. The summed E-state index contributed by atoms with van der Waals surface area (Å²) in [6.45, 7) is 2.43. The van der Waals surface area contributed by atoms with Gasteiger partial charge in [0.15, 0.2) is 0 Å². The molecule has 2 rings (SSSR count). The molecule has 6 heteroatoms. The topological polar surface area (TPSA) is 60.0 Å². The van der Waals surface area contributed by atoms with Crippen molar-refractivity contribution < 1.29 is 19.0 Å². The molecule has 0 bridgehead atoms. The van der Waals surface area contributed by atoms with E-state index in [-0.39, 0.29) is 5.91 Å². The predicted octanol–water partition coefficient (Wildman–Crippen LogP) is 2.53. The van der Waals surface area contributed by atoms with Gasteiger partial charge in [-0.1, -0.05) is 0 Å². The normalized spacial score (nSPS) is 17.6. The molecule has 0 aliphatic carbocycles. The van der Waals surface area contributed by atoms with Gasteiger partial charge in [-0.25, -0.2) is 0 Å². The number of nitrogens with zero attached hydrogens (tertiary/aromatic N) is 1. The fourth-order valence-corrected chi connectivity index (χ4v) is 2.80. The number of amides is 1. The summed E-state index contributed by atoms with van der Waals surface area (Å²) in [6, 6.07) is 5.34. The molecule has 0 aromatic heterocycles. The van der Waals surface area contributed by atoms with Crippen LogP contribution in [0.2, 0.25) is 0 Å². The van der Waals surface area contributed by atoms with Gasteiger partial charge < -0.3 is 24.4 Å². The van der Waals surface area contributed by atoms with Crippen LogP contribution in [0.1, 0.15) is 25.7 Å². The van der Waals surface area contributed by atoms with Gasteiger partial charge in [-0.15, -0.1) is 0 Å². The smallest absolute Gasteiger partial charge is 0.225 e. The van der Waals surface area contributed by atoms with Crippen LogP contribution in [0, 0.1) is 0 Å². The summed E-state index contributed by atoms with van der Waals surface area (Å²) in [5.74, 6) is 1.25. The van der Waals surface area contributed by atoms with E-state index in [1.54, 1.807) is 32.4 Å². The maximum Gasteiger partial charge on any atom is 0.225 e. The lowest BCUT2D eigenvalue weighted by Gasteiger charge is -2.27. The van der Waals surface area contributed by atoms with Crippen LogP contribution >= 0.6 is 0 Å². The van der Waals surface area contributed by atoms with Gasteiger partial charge in [0.25, 0.3) is 0 Å². The van der Waals surface area contributed by atoms with Gasteiger partial charge >= 0.3 is 0 Å². The molecular weight excluding hydrogens is 308 g/mol. The highest BCUT2D eigenvalue weighted by Crippen LogP contribution is 2.29. The number of carbonyl (C=O) groups excluding carboxylic acids is 1. The van der Waals surface area contributed by atoms with E-state index in [0.717, 1.165) is 26.0 Å². The van der Waals surface area contributed by atoms with E-state index >= 15 is 0 Å². The number of benzene rings is 1. The summed E-state index contributed by atoms with van der Waals surface area (Å²) in [7, 11) is 5.19. The Hall–Kier alpha value is -1.79. The van der Waals surface area contributed by atoms with Gasteiger partial charge in [-0.05, 0) is 38.4 Å². The molecule has 1 heterocycles. The molecule has 1 fully saturated rings. The van der Waals surface area contributed by atoms with Gasteiger partial charge in [-0.3, -0.25) is 4.79 Å². The monoisotopic (exact) mass is 336 g/mol. The van der Waals surface area contributed by atoms with Gasteiger partial charge in [0.1, 0.15) is 11.5 Å². The number of carbonyl (C=O) groups is 1. The summed E-state index contributed by atoms with van der Waals surface area (Å²) in [5.41, 5.74) is 0.654. The van der Waals surface area contributed by atoms with Crippen molar-refractivity contribution in [2.75, 3.05) is 46.3 Å². The van der Waals surface area contributed by atoms with Gasteiger partial charge in [-0.2, -0.15) is 0 Å². The van der Waals surface area contributed by atoms with Crippen molar-refractivity contribution >= 4 is 11.6 Å². The molecule has 0 saturated carbocycles. The third-order valence-electron chi connectivity index (χ3n) is 4.19. The molecule has 1 aliphatic heterocycles. The molecule has 1 aliphatic rings. The Morgan fingerprint density at radius 3 is 2.83 bits per heavy atom.